The first-order valence-electron chi connectivity index (χ1n) is 6.72. The predicted molar refractivity (Wildman–Crippen MR) is 77.3 cm³/mol. The SMILES string of the molecule is O=C1CCC(C(=O)NC2CCOc3ccc(Cl)cc32)=NN1. The lowest BCUT2D eigenvalue weighted by atomic mass is 10.00. The average molecular weight is 308 g/mol. The van der Waals surface area contributed by atoms with Crippen LogP contribution in [-0.4, -0.2) is 24.1 Å². The number of hydrogen-bond donors (Lipinski definition) is 2. The van der Waals surface area contributed by atoms with Gasteiger partial charge in [0.15, 0.2) is 0 Å². The number of amides is 2. The van der Waals surface area contributed by atoms with Gasteiger partial charge in [0, 0.05) is 29.8 Å². The Labute approximate surface area is 126 Å². The van der Waals surface area contributed by atoms with Gasteiger partial charge in [-0.25, -0.2) is 5.43 Å². The van der Waals surface area contributed by atoms with Crippen LogP contribution in [0.4, 0.5) is 0 Å². The van der Waals surface area contributed by atoms with Crippen molar-refractivity contribution in [3.05, 3.63) is 28.8 Å². The fourth-order valence-corrected chi connectivity index (χ4v) is 2.58. The van der Waals surface area contributed by atoms with E-state index in [-0.39, 0.29) is 24.3 Å². The van der Waals surface area contributed by atoms with Gasteiger partial charge in [-0.3, -0.25) is 9.59 Å². The lowest BCUT2D eigenvalue weighted by Crippen LogP contribution is -2.40. The smallest absolute Gasteiger partial charge is 0.267 e. The van der Waals surface area contributed by atoms with E-state index in [1.54, 1.807) is 18.2 Å². The van der Waals surface area contributed by atoms with Crippen LogP contribution < -0.4 is 15.5 Å². The summed E-state index contributed by atoms with van der Waals surface area (Å²) in [7, 11) is 0. The molecule has 1 aromatic rings. The highest BCUT2D eigenvalue weighted by Crippen LogP contribution is 2.33. The Morgan fingerprint density at radius 3 is 3.05 bits per heavy atom. The van der Waals surface area contributed by atoms with Gasteiger partial charge in [-0.15, -0.1) is 0 Å². The van der Waals surface area contributed by atoms with Gasteiger partial charge in [0.25, 0.3) is 5.91 Å². The molecule has 21 heavy (non-hydrogen) atoms. The molecular formula is C14H14ClN3O3. The number of benzene rings is 1. The fraction of sp³-hybridized carbons (Fsp3) is 0.357. The highest BCUT2D eigenvalue weighted by Gasteiger charge is 2.26. The van der Waals surface area contributed by atoms with Crippen LogP contribution in [0.5, 0.6) is 5.75 Å². The number of halogens is 1. The average Bonchev–Trinajstić information content (AvgIpc) is 2.48. The van der Waals surface area contributed by atoms with Crippen LogP contribution in [0.25, 0.3) is 0 Å². The minimum Gasteiger partial charge on any atom is -0.493 e. The van der Waals surface area contributed by atoms with Crippen molar-refractivity contribution in [2.24, 2.45) is 5.10 Å². The van der Waals surface area contributed by atoms with Crippen molar-refractivity contribution in [1.29, 1.82) is 0 Å². The molecule has 0 aromatic heterocycles. The van der Waals surface area contributed by atoms with Crippen LogP contribution in [-0.2, 0) is 9.59 Å². The number of hydrogen-bond acceptors (Lipinski definition) is 4. The van der Waals surface area contributed by atoms with Gasteiger partial charge in [-0.1, -0.05) is 11.6 Å². The number of fused-ring (bicyclic) bond motifs is 1. The van der Waals surface area contributed by atoms with E-state index in [0.717, 1.165) is 11.3 Å². The second kappa shape index (κ2) is 5.73. The molecule has 1 aromatic carbocycles. The molecule has 0 radical (unpaired) electrons. The Balaban J connectivity index is 1.76. The summed E-state index contributed by atoms with van der Waals surface area (Å²) in [5.41, 5.74) is 3.52. The predicted octanol–water partition coefficient (Wildman–Crippen LogP) is 1.55. The summed E-state index contributed by atoms with van der Waals surface area (Å²) in [6.07, 6.45) is 1.30. The van der Waals surface area contributed by atoms with E-state index in [9.17, 15) is 9.59 Å². The monoisotopic (exact) mass is 307 g/mol. The number of ether oxygens (including phenoxy) is 1. The maximum atomic E-state index is 12.2. The summed E-state index contributed by atoms with van der Waals surface area (Å²) in [6, 6.07) is 5.19. The number of carbonyl (C=O) groups excluding carboxylic acids is 2. The van der Waals surface area contributed by atoms with Crippen molar-refractivity contribution in [3.8, 4) is 5.75 Å². The summed E-state index contributed by atoms with van der Waals surface area (Å²) >= 11 is 6.00. The number of rotatable bonds is 2. The molecule has 1 unspecified atom stereocenters. The van der Waals surface area contributed by atoms with Crippen LogP contribution in [0.2, 0.25) is 5.02 Å². The van der Waals surface area contributed by atoms with Crippen molar-refractivity contribution in [2.75, 3.05) is 6.61 Å². The minimum atomic E-state index is -0.271. The van der Waals surface area contributed by atoms with E-state index in [1.807, 2.05) is 0 Å². The topological polar surface area (TPSA) is 79.8 Å². The number of nitrogens with zero attached hydrogens (tertiary/aromatic N) is 1. The van der Waals surface area contributed by atoms with Gasteiger partial charge in [-0.2, -0.15) is 5.10 Å². The molecule has 7 heteroatoms. The Hall–Kier alpha value is -2.08. The van der Waals surface area contributed by atoms with Gasteiger partial charge in [0.1, 0.15) is 11.5 Å². The molecule has 2 aliphatic heterocycles. The maximum absolute atomic E-state index is 12.2. The Morgan fingerprint density at radius 1 is 1.43 bits per heavy atom. The highest BCUT2D eigenvalue weighted by atomic mass is 35.5. The lowest BCUT2D eigenvalue weighted by molar-refractivity contribution is -0.121. The molecule has 1 atom stereocenters. The van der Waals surface area contributed by atoms with Gasteiger partial charge in [0.05, 0.1) is 12.6 Å². The van der Waals surface area contributed by atoms with Crippen LogP contribution >= 0.6 is 11.6 Å². The summed E-state index contributed by atoms with van der Waals surface area (Å²) in [5, 5.41) is 7.32. The van der Waals surface area contributed by atoms with Gasteiger partial charge in [-0.05, 0) is 18.2 Å². The molecule has 2 aliphatic rings. The molecule has 0 aliphatic carbocycles. The molecule has 6 nitrogen and oxygen atoms in total. The van der Waals surface area contributed by atoms with Crippen LogP contribution in [0.15, 0.2) is 23.3 Å². The molecule has 2 N–H and O–H groups in total. The molecule has 2 heterocycles. The van der Waals surface area contributed by atoms with Crippen molar-refractivity contribution < 1.29 is 14.3 Å². The molecule has 3 rings (SSSR count). The lowest BCUT2D eigenvalue weighted by Gasteiger charge is -2.27. The Bertz CT molecular complexity index is 630. The normalized spacial score (nSPS) is 20.7. The van der Waals surface area contributed by atoms with Gasteiger partial charge in [0.2, 0.25) is 5.91 Å². The van der Waals surface area contributed by atoms with Gasteiger partial charge < -0.3 is 10.1 Å². The zero-order chi connectivity index (χ0) is 14.8. The van der Waals surface area contributed by atoms with Crippen LogP contribution in [0, 0.1) is 0 Å². The molecule has 0 saturated heterocycles. The molecule has 2 amide bonds. The number of carbonyl (C=O) groups is 2. The first-order valence-corrected chi connectivity index (χ1v) is 7.10. The first-order chi connectivity index (χ1) is 10.1. The third kappa shape index (κ3) is 3.00. The van der Waals surface area contributed by atoms with Gasteiger partial charge >= 0.3 is 0 Å². The van der Waals surface area contributed by atoms with E-state index in [4.69, 9.17) is 16.3 Å². The highest BCUT2D eigenvalue weighted by molar-refractivity contribution is 6.39. The summed E-state index contributed by atoms with van der Waals surface area (Å²) < 4.78 is 5.55. The largest absolute Gasteiger partial charge is 0.493 e. The zero-order valence-corrected chi connectivity index (χ0v) is 11.9. The second-order valence-corrected chi connectivity index (χ2v) is 5.38. The maximum Gasteiger partial charge on any atom is 0.267 e. The molecular weight excluding hydrogens is 294 g/mol. The molecule has 0 saturated carbocycles. The number of hydrazone groups is 1. The van der Waals surface area contributed by atoms with Crippen LogP contribution in [0.1, 0.15) is 30.9 Å². The third-order valence-corrected chi connectivity index (χ3v) is 3.72. The van der Waals surface area contributed by atoms with Crippen molar-refractivity contribution in [3.63, 3.8) is 0 Å². The first kappa shape index (κ1) is 13.9. The van der Waals surface area contributed by atoms with Crippen molar-refractivity contribution >= 4 is 29.1 Å². The summed E-state index contributed by atoms with van der Waals surface area (Å²) in [5.74, 6) is 0.289. The molecule has 0 bridgehead atoms. The summed E-state index contributed by atoms with van der Waals surface area (Å²) in [4.78, 5) is 23.2. The van der Waals surface area contributed by atoms with E-state index < -0.39 is 0 Å². The van der Waals surface area contributed by atoms with E-state index in [1.165, 1.54) is 0 Å². The zero-order valence-electron chi connectivity index (χ0n) is 11.2. The van der Waals surface area contributed by atoms with E-state index in [2.05, 4.69) is 15.8 Å². The quantitative estimate of drug-likeness (QED) is 0.870. The van der Waals surface area contributed by atoms with E-state index in [0.29, 0.717) is 30.2 Å². The second-order valence-electron chi connectivity index (χ2n) is 4.94. The Kier molecular flexibility index (Phi) is 3.79. The molecule has 0 fully saturated rings. The number of nitrogens with one attached hydrogen (secondary N) is 2. The molecule has 0 spiro atoms. The molecule has 110 valence electrons. The standard InChI is InChI=1S/C14H14ClN3O3/c15-8-1-3-12-9(7-8)10(5-6-21-12)16-14(20)11-2-4-13(19)18-17-11/h1,3,7,10H,2,4-6H2,(H,16,20)(H,18,19). The summed E-state index contributed by atoms with van der Waals surface area (Å²) in [6.45, 7) is 0.531. The van der Waals surface area contributed by atoms with Crippen LogP contribution in [0.3, 0.4) is 0 Å². The van der Waals surface area contributed by atoms with Crippen molar-refractivity contribution in [2.45, 2.75) is 25.3 Å². The Morgan fingerprint density at radius 2 is 2.29 bits per heavy atom. The van der Waals surface area contributed by atoms with E-state index >= 15 is 0 Å². The minimum absolute atomic E-state index is 0.166. The fourth-order valence-electron chi connectivity index (χ4n) is 2.39. The van der Waals surface area contributed by atoms with Crippen molar-refractivity contribution in [1.82, 2.24) is 10.7 Å². The third-order valence-electron chi connectivity index (χ3n) is 3.48.